The molecule has 184 valence electrons. The fourth-order valence-corrected chi connectivity index (χ4v) is 6.23. The van der Waals surface area contributed by atoms with E-state index in [0.717, 1.165) is 17.2 Å². The molecule has 0 saturated heterocycles. The number of benzene rings is 3. The maximum Gasteiger partial charge on any atom is 0.257 e. The minimum Gasteiger partial charge on any atom is -0.384 e. The summed E-state index contributed by atoms with van der Waals surface area (Å²) in [5, 5.41) is 8.20. The van der Waals surface area contributed by atoms with E-state index in [9.17, 15) is 9.59 Å². The Kier molecular flexibility index (Phi) is 6.64. The van der Waals surface area contributed by atoms with Crippen LogP contribution in [0.4, 0.5) is 11.4 Å². The van der Waals surface area contributed by atoms with E-state index < -0.39 is 15.7 Å². The fourth-order valence-electron chi connectivity index (χ4n) is 4.51. The van der Waals surface area contributed by atoms with Gasteiger partial charge in [-0.1, -0.05) is 64.1 Å². The van der Waals surface area contributed by atoms with Gasteiger partial charge in [0.15, 0.2) is 0 Å². The van der Waals surface area contributed by atoms with Gasteiger partial charge in [0.1, 0.15) is 10.6 Å². The van der Waals surface area contributed by atoms with Crippen LogP contribution in [0.5, 0.6) is 0 Å². The number of hydrogen-bond acceptors (Lipinski definition) is 3. The summed E-state index contributed by atoms with van der Waals surface area (Å²) in [6.45, 7) is 0.116. The van der Waals surface area contributed by atoms with Crippen molar-refractivity contribution in [3.63, 3.8) is 0 Å². The molecule has 0 bridgehead atoms. The Labute approximate surface area is 232 Å². The zero-order chi connectivity index (χ0) is 25.7. The highest BCUT2D eigenvalue weighted by Crippen LogP contribution is 2.73. The second-order valence-corrected chi connectivity index (χ2v) is 11.4. The highest BCUT2D eigenvalue weighted by Gasteiger charge is 2.76. The molecule has 1 aliphatic rings. The number of alkyl halides is 2. The number of fused-ring (bicyclic) bond motifs is 1. The Bertz CT molecular complexity index is 1480. The summed E-state index contributed by atoms with van der Waals surface area (Å²) >= 11 is 31.8. The van der Waals surface area contributed by atoms with Crippen molar-refractivity contribution in [1.29, 1.82) is 0 Å². The molecule has 10 heteroatoms. The third-order valence-corrected chi connectivity index (χ3v) is 8.36. The van der Waals surface area contributed by atoms with Crippen molar-refractivity contribution < 1.29 is 9.59 Å². The summed E-state index contributed by atoms with van der Waals surface area (Å²) in [6, 6.07) is 17.4. The van der Waals surface area contributed by atoms with Crippen LogP contribution in [-0.2, 0) is 4.79 Å². The molecule has 1 saturated carbocycles. The molecule has 0 spiro atoms. The van der Waals surface area contributed by atoms with Crippen LogP contribution in [0.3, 0.4) is 0 Å². The number of carbonyl (C=O) groups is 2. The topological polar surface area (TPSA) is 74.0 Å². The summed E-state index contributed by atoms with van der Waals surface area (Å²) in [6.07, 6.45) is 2.58. The lowest BCUT2D eigenvalue weighted by Gasteiger charge is -2.15. The summed E-state index contributed by atoms with van der Waals surface area (Å²) in [5.41, 5.74) is 1.91. The monoisotopic (exact) mass is 579 g/mol. The molecule has 1 aliphatic carbocycles. The van der Waals surface area contributed by atoms with Gasteiger partial charge in [0.05, 0.1) is 16.0 Å². The van der Waals surface area contributed by atoms with E-state index in [1.54, 1.807) is 36.4 Å². The lowest BCUT2D eigenvalue weighted by atomic mass is 10.00. The smallest absolute Gasteiger partial charge is 0.257 e. The van der Waals surface area contributed by atoms with Crippen LogP contribution < -0.4 is 10.6 Å². The van der Waals surface area contributed by atoms with Gasteiger partial charge < -0.3 is 20.4 Å². The van der Waals surface area contributed by atoms with Gasteiger partial charge in [-0.05, 0) is 65.5 Å². The van der Waals surface area contributed by atoms with Crippen LogP contribution >= 0.6 is 58.0 Å². The van der Waals surface area contributed by atoms with Gasteiger partial charge in [-0.3, -0.25) is 4.79 Å². The number of H-pyrrole nitrogens is 1. The standard InChI is InChI=1S/C26H18Cl5N3O2/c27-16-7-15(8-17(28)9-16)23-25(13-35,26(23,30)31)12-33-18-3-4-21(29)20(10-18)24(36)34-19-2-1-14-5-6-32-22(14)11-19/h1-11,13,23,32-33H,12H2,(H,34,36). The Hall–Kier alpha value is -2.41. The molecule has 5 nitrogen and oxygen atoms in total. The maximum absolute atomic E-state index is 13.0. The highest BCUT2D eigenvalue weighted by atomic mass is 35.5. The molecule has 1 heterocycles. The third-order valence-electron chi connectivity index (χ3n) is 6.45. The molecule has 2 unspecified atom stereocenters. The van der Waals surface area contributed by atoms with Crippen LogP contribution in [0, 0.1) is 5.41 Å². The molecule has 1 aromatic heterocycles. The molecular weight excluding hydrogens is 564 g/mol. The lowest BCUT2D eigenvalue weighted by Crippen LogP contribution is -2.23. The summed E-state index contributed by atoms with van der Waals surface area (Å²) < 4.78 is -1.36. The average Bonchev–Trinajstić information content (AvgIpc) is 3.08. The number of aromatic nitrogens is 1. The van der Waals surface area contributed by atoms with Gasteiger partial charge in [-0.25, -0.2) is 0 Å². The number of halogens is 5. The Morgan fingerprint density at radius 3 is 2.39 bits per heavy atom. The Morgan fingerprint density at radius 2 is 1.67 bits per heavy atom. The van der Waals surface area contributed by atoms with E-state index in [2.05, 4.69) is 15.6 Å². The van der Waals surface area contributed by atoms with Crippen molar-refractivity contribution >= 4 is 92.5 Å². The molecule has 5 rings (SSSR count). The van der Waals surface area contributed by atoms with Gasteiger partial charge >= 0.3 is 0 Å². The van der Waals surface area contributed by atoms with Crippen molar-refractivity contribution in [2.24, 2.45) is 5.41 Å². The summed E-state index contributed by atoms with van der Waals surface area (Å²) in [4.78, 5) is 28.3. The van der Waals surface area contributed by atoms with Crippen LogP contribution in [0.15, 0.2) is 66.9 Å². The van der Waals surface area contributed by atoms with Crippen molar-refractivity contribution in [3.8, 4) is 0 Å². The molecule has 0 radical (unpaired) electrons. The van der Waals surface area contributed by atoms with E-state index in [0.29, 0.717) is 27.0 Å². The maximum atomic E-state index is 13.0. The van der Waals surface area contributed by atoms with Crippen LogP contribution in [-0.4, -0.2) is 28.1 Å². The molecule has 1 amide bonds. The largest absolute Gasteiger partial charge is 0.384 e. The molecule has 3 aromatic carbocycles. The SMILES string of the molecule is O=CC1(CNc2ccc(Cl)c(C(=O)Nc3ccc4cc[nH]c4c3)c2)C(c2cc(Cl)cc(Cl)c2)C1(Cl)Cl. The van der Waals surface area contributed by atoms with Gasteiger partial charge in [0, 0.05) is 45.6 Å². The van der Waals surface area contributed by atoms with E-state index in [1.165, 1.54) is 0 Å². The average molecular weight is 582 g/mol. The minimum absolute atomic E-state index is 0.116. The summed E-state index contributed by atoms with van der Waals surface area (Å²) in [7, 11) is 0. The normalized spacial score (nSPS) is 20.2. The Balaban J connectivity index is 1.34. The molecule has 2 atom stereocenters. The number of hydrogen-bond donors (Lipinski definition) is 3. The number of amides is 1. The van der Waals surface area contributed by atoms with E-state index in [4.69, 9.17) is 58.0 Å². The van der Waals surface area contributed by atoms with E-state index in [1.807, 2.05) is 30.5 Å². The first-order valence-corrected chi connectivity index (χ1v) is 12.8. The number of aldehydes is 1. The van der Waals surface area contributed by atoms with Crippen LogP contribution in [0.25, 0.3) is 10.9 Å². The van der Waals surface area contributed by atoms with Crippen LogP contribution in [0.2, 0.25) is 15.1 Å². The number of anilines is 2. The second kappa shape index (κ2) is 9.47. The second-order valence-electron chi connectivity index (χ2n) is 8.70. The summed E-state index contributed by atoms with van der Waals surface area (Å²) in [5.74, 6) is -0.894. The van der Waals surface area contributed by atoms with Crippen molar-refractivity contribution in [2.45, 2.75) is 10.3 Å². The van der Waals surface area contributed by atoms with E-state index >= 15 is 0 Å². The number of aromatic amines is 1. The lowest BCUT2D eigenvalue weighted by molar-refractivity contribution is -0.112. The first kappa shape index (κ1) is 25.2. The van der Waals surface area contributed by atoms with Crippen LogP contribution in [0.1, 0.15) is 21.8 Å². The quantitative estimate of drug-likeness (QED) is 0.153. The number of rotatable bonds is 7. The molecule has 1 fully saturated rings. The minimum atomic E-state index is -1.36. The number of nitrogens with one attached hydrogen (secondary N) is 3. The van der Waals surface area contributed by atoms with Gasteiger partial charge in [0.2, 0.25) is 0 Å². The molecule has 36 heavy (non-hydrogen) atoms. The van der Waals surface area contributed by atoms with Crippen molar-refractivity contribution in [2.75, 3.05) is 17.2 Å². The highest BCUT2D eigenvalue weighted by molar-refractivity contribution is 6.54. The molecular formula is C26H18Cl5N3O2. The molecule has 0 aliphatic heterocycles. The third kappa shape index (κ3) is 4.44. The zero-order valence-corrected chi connectivity index (χ0v) is 22.2. The first-order chi connectivity index (χ1) is 17.1. The van der Waals surface area contributed by atoms with Gasteiger partial charge in [0.25, 0.3) is 5.91 Å². The van der Waals surface area contributed by atoms with Crippen molar-refractivity contribution in [3.05, 3.63) is 93.1 Å². The molecule has 4 aromatic rings. The van der Waals surface area contributed by atoms with Gasteiger partial charge in [-0.15, -0.1) is 0 Å². The van der Waals surface area contributed by atoms with Gasteiger partial charge in [-0.2, -0.15) is 0 Å². The van der Waals surface area contributed by atoms with E-state index in [-0.39, 0.29) is 23.0 Å². The first-order valence-electron chi connectivity index (χ1n) is 10.9. The zero-order valence-electron chi connectivity index (χ0n) is 18.4. The van der Waals surface area contributed by atoms with Crippen molar-refractivity contribution in [1.82, 2.24) is 4.98 Å². The predicted octanol–water partition coefficient (Wildman–Crippen LogP) is 7.95. The predicted molar refractivity (Wildman–Crippen MR) is 148 cm³/mol. The Morgan fingerprint density at radius 1 is 0.944 bits per heavy atom. The fraction of sp³-hybridized carbons (Fsp3) is 0.154. The number of carbonyl (C=O) groups excluding carboxylic acids is 2. The molecule has 3 N–H and O–H groups in total.